The Labute approximate surface area is 195 Å². The fourth-order valence-electron chi connectivity index (χ4n) is 4.56. The van der Waals surface area contributed by atoms with Gasteiger partial charge in [-0.2, -0.15) is 0 Å². The van der Waals surface area contributed by atoms with E-state index in [0.717, 1.165) is 6.07 Å². The standard InChI is InChI=1S/C23H25BF3N5O2/c1-12(14-4-3-5-15(18(14)25)19(26)27)30-20-17-10-16(13-6-8-32(9-7-13)23(24)34)22(33)31(2)21(17)29-11-28-20/h3-5,10-13,19H,6-9,24H2,1-2H3,(H,28,29,30)/t12-/m1/s1. The number of fused-ring (bicyclic) bond motifs is 1. The molecule has 0 spiro atoms. The molecule has 0 bridgehead atoms. The normalized spacial score (nSPS) is 15.6. The number of likely N-dealkylation sites (tertiary alicyclic amines) is 1. The lowest BCUT2D eigenvalue weighted by Gasteiger charge is -2.31. The maximum atomic E-state index is 14.7. The lowest BCUT2D eigenvalue weighted by molar-refractivity contribution is 0.146. The molecule has 1 amide bonds. The molecular formula is C23H25BF3N5O2. The van der Waals surface area contributed by atoms with Gasteiger partial charge in [-0.3, -0.25) is 14.2 Å². The summed E-state index contributed by atoms with van der Waals surface area (Å²) in [6.45, 7) is 2.81. The van der Waals surface area contributed by atoms with Crippen molar-refractivity contribution in [3.63, 3.8) is 0 Å². The zero-order valence-corrected chi connectivity index (χ0v) is 19.2. The fraction of sp³-hybridized carbons (Fsp3) is 0.391. The molecule has 1 aromatic carbocycles. The number of rotatable bonds is 5. The molecule has 3 aromatic rings. The number of aromatic nitrogens is 3. The maximum absolute atomic E-state index is 14.7. The van der Waals surface area contributed by atoms with Gasteiger partial charge in [0, 0.05) is 31.3 Å². The van der Waals surface area contributed by atoms with E-state index in [1.165, 1.54) is 30.9 Å². The number of aryl methyl sites for hydroxylation is 1. The van der Waals surface area contributed by atoms with Crippen LogP contribution in [0.3, 0.4) is 0 Å². The molecule has 0 unspecified atom stereocenters. The van der Waals surface area contributed by atoms with Gasteiger partial charge >= 0.3 is 0 Å². The third-order valence-corrected chi connectivity index (χ3v) is 6.53. The summed E-state index contributed by atoms with van der Waals surface area (Å²) in [5, 5.41) is 3.68. The number of hydrogen-bond donors (Lipinski definition) is 1. The number of nitrogens with one attached hydrogen (secondary N) is 1. The molecule has 178 valence electrons. The summed E-state index contributed by atoms with van der Waals surface area (Å²) in [6, 6.07) is 5.00. The second kappa shape index (κ2) is 9.48. The third kappa shape index (κ3) is 4.38. The summed E-state index contributed by atoms with van der Waals surface area (Å²) in [6.07, 6.45) is -0.288. The number of carbonyl (C=O) groups is 1. The van der Waals surface area contributed by atoms with E-state index in [-0.39, 0.29) is 22.8 Å². The van der Waals surface area contributed by atoms with E-state index in [2.05, 4.69) is 15.3 Å². The van der Waals surface area contributed by atoms with E-state index in [4.69, 9.17) is 0 Å². The first-order chi connectivity index (χ1) is 16.2. The highest BCUT2D eigenvalue weighted by Crippen LogP contribution is 2.32. The Hall–Kier alpha value is -3.37. The highest BCUT2D eigenvalue weighted by molar-refractivity contribution is 6.56. The molecule has 0 radical (unpaired) electrons. The minimum absolute atomic E-state index is 0.0156. The van der Waals surface area contributed by atoms with Crippen molar-refractivity contribution in [1.29, 1.82) is 0 Å². The number of anilines is 1. The van der Waals surface area contributed by atoms with Crippen LogP contribution in [0.25, 0.3) is 11.0 Å². The van der Waals surface area contributed by atoms with Crippen LogP contribution in [0, 0.1) is 5.82 Å². The lowest BCUT2D eigenvalue weighted by Crippen LogP contribution is -2.38. The Morgan fingerprint density at radius 1 is 1.21 bits per heavy atom. The van der Waals surface area contributed by atoms with Gasteiger partial charge in [-0.25, -0.2) is 23.1 Å². The van der Waals surface area contributed by atoms with Gasteiger partial charge in [-0.1, -0.05) is 18.2 Å². The highest BCUT2D eigenvalue weighted by atomic mass is 19.3. The SMILES string of the molecule is BC(=O)N1CCC(c2cc3c(N[C@H](C)c4cccc(C(F)F)c4F)ncnc3n(C)c2=O)CC1. The summed E-state index contributed by atoms with van der Waals surface area (Å²) < 4.78 is 42.4. The molecule has 1 fully saturated rings. The molecule has 4 rings (SSSR count). The van der Waals surface area contributed by atoms with Crippen LogP contribution < -0.4 is 10.9 Å². The summed E-state index contributed by atoms with van der Waals surface area (Å²) in [7, 11) is 3.16. The van der Waals surface area contributed by atoms with Gasteiger partial charge in [-0.15, -0.1) is 0 Å². The Morgan fingerprint density at radius 2 is 1.88 bits per heavy atom. The molecule has 7 nitrogen and oxygen atoms in total. The molecule has 2 aromatic heterocycles. The molecule has 0 saturated carbocycles. The van der Waals surface area contributed by atoms with Crippen LogP contribution >= 0.6 is 0 Å². The summed E-state index contributed by atoms with van der Waals surface area (Å²) in [4.78, 5) is 35.0. The number of alkyl halides is 2. The molecule has 0 aliphatic carbocycles. The van der Waals surface area contributed by atoms with E-state index < -0.39 is 23.8 Å². The fourth-order valence-corrected chi connectivity index (χ4v) is 4.56. The van der Waals surface area contributed by atoms with E-state index in [1.807, 2.05) is 0 Å². The summed E-state index contributed by atoms with van der Waals surface area (Å²) >= 11 is 0. The quantitative estimate of drug-likeness (QED) is 0.577. The van der Waals surface area contributed by atoms with Gasteiger partial charge in [0.2, 0.25) is 7.85 Å². The molecule has 1 aliphatic heterocycles. The van der Waals surface area contributed by atoms with Gasteiger partial charge < -0.3 is 10.2 Å². The van der Waals surface area contributed by atoms with Gasteiger partial charge in [0.1, 0.15) is 23.6 Å². The number of hydrogen-bond acceptors (Lipinski definition) is 5. The van der Waals surface area contributed by atoms with E-state index in [0.29, 0.717) is 48.3 Å². The minimum atomic E-state index is -2.92. The molecule has 1 aliphatic rings. The molecule has 1 saturated heterocycles. The van der Waals surface area contributed by atoms with Crippen molar-refractivity contribution < 1.29 is 18.0 Å². The maximum Gasteiger partial charge on any atom is 0.266 e. The van der Waals surface area contributed by atoms with Crippen molar-refractivity contribution in [3.05, 3.63) is 63.5 Å². The van der Waals surface area contributed by atoms with Crippen LogP contribution in [-0.4, -0.2) is 46.2 Å². The van der Waals surface area contributed by atoms with Crippen molar-refractivity contribution >= 4 is 30.5 Å². The van der Waals surface area contributed by atoms with Gasteiger partial charge in [-0.05, 0) is 31.7 Å². The van der Waals surface area contributed by atoms with E-state index in [9.17, 15) is 22.8 Å². The number of benzene rings is 1. The Morgan fingerprint density at radius 3 is 2.53 bits per heavy atom. The monoisotopic (exact) mass is 471 g/mol. The molecule has 34 heavy (non-hydrogen) atoms. The third-order valence-electron chi connectivity index (χ3n) is 6.53. The number of amides is 1. The van der Waals surface area contributed by atoms with Crippen molar-refractivity contribution in [2.45, 2.75) is 38.2 Å². The zero-order valence-electron chi connectivity index (χ0n) is 19.2. The Balaban J connectivity index is 1.70. The van der Waals surface area contributed by atoms with Crippen LogP contribution in [-0.2, 0) is 7.05 Å². The second-order valence-corrected chi connectivity index (χ2v) is 8.62. The number of halogens is 3. The summed E-state index contributed by atoms with van der Waals surface area (Å²) in [5.41, 5.74) is 0.282. The van der Waals surface area contributed by atoms with Gasteiger partial charge in [0.15, 0.2) is 5.81 Å². The van der Waals surface area contributed by atoms with Crippen molar-refractivity contribution in [3.8, 4) is 0 Å². The predicted molar refractivity (Wildman–Crippen MR) is 126 cm³/mol. The van der Waals surface area contributed by atoms with E-state index >= 15 is 0 Å². The van der Waals surface area contributed by atoms with Crippen LogP contribution in [0.4, 0.5) is 23.8 Å². The van der Waals surface area contributed by atoms with Crippen LogP contribution in [0.1, 0.15) is 54.8 Å². The van der Waals surface area contributed by atoms with Crippen molar-refractivity contribution in [2.24, 2.45) is 7.05 Å². The first kappa shape index (κ1) is 23.8. The average Bonchev–Trinajstić information content (AvgIpc) is 2.81. The number of carbonyl (C=O) groups excluding carboxylic acids is 1. The number of nitrogens with zero attached hydrogens (tertiary/aromatic N) is 4. The molecule has 3 heterocycles. The van der Waals surface area contributed by atoms with Crippen LogP contribution in [0.2, 0.25) is 0 Å². The zero-order chi connectivity index (χ0) is 24.6. The molecule has 1 atom stereocenters. The largest absolute Gasteiger partial charge is 0.363 e. The summed E-state index contributed by atoms with van der Waals surface area (Å²) in [5.74, 6) is -0.593. The molecule has 1 N–H and O–H groups in total. The second-order valence-electron chi connectivity index (χ2n) is 8.62. The smallest absolute Gasteiger partial charge is 0.266 e. The minimum Gasteiger partial charge on any atom is -0.363 e. The van der Waals surface area contributed by atoms with Crippen LogP contribution in [0.15, 0.2) is 35.4 Å². The predicted octanol–water partition coefficient (Wildman–Crippen LogP) is 3.51. The lowest BCUT2D eigenvalue weighted by atomic mass is 9.88. The molecular weight excluding hydrogens is 446 g/mol. The van der Waals surface area contributed by atoms with Gasteiger partial charge in [0.25, 0.3) is 12.0 Å². The van der Waals surface area contributed by atoms with Crippen LogP contribution in [0.5, 0.6) is 0 Å². The first-order valence-electron chi connectivity index (χ1n) is 11.1. The number of pyridine rings is 1. The highest BCUT2D eigenvalue weighted by Gasteiger charge is 2.26. The first-order valence-corrected chi connectivity index (χ1v) is 11.1. The van der Waals surface area contributed by atoms with Crippen molar-refractivity contribution in [2.75, 3.05) is 18.4 Å². The Bertz CT molecular complexity index is 1290. The molecule has 11 heteroatoms. The van der Waals surface area contributed by atoms with Gasteiger partial charge in [0.05, 0.1) is 17.0 Å². The Kier molecular flexibility index (Phi) is 6.63. The van der Waals surface area contributed by atoms with E-state index in [1.54, 1.807) is 24.9 Å². The topological polar surface area (TPSA) is 80.1 Å². The average molecular weight is 471 g/mol. The number of piperidine rings is 1. The van der Waals surface area contributed by atoms with Crippen molar-refractivity contribution in [1.82, 2.24) is 19.4 Å².